The highest BCUT2D eigenvalue weighted by Gasteiger charge is 2.33. The van der Waals surface area contributed by atoms with E-state index in [4.69, 9.17) is 4.74 Å². The standard InChI is InChI=1S/C16H24F3N5O/c1-24(2)11-22-10-21-9-12-7-14(16(17,18)19)23-15(8-12)25-13-3-5-20-6-4-13/h7-8,10,13,20H,3-6,9,11H2,1-2H3,(H,21,22). The maximum Gasteiger partial charge on any atom is 0.433 e. The zero-order valence-corrected chi connectivity index (χ0v) is 14.4. The van der Waals surface area contributed by atoms with E-state index < -0.39 is 11.9 Å². The molecule has 1 aliphatic rings. The monoisotopic (exact) mass is 359 g/mol. The molecule has 1 fully saturated rings. The number of pyridine rings is 1. The number of aromatic nitrogens is 1. The lowest BCUT2D eigenvalue weighted by Crippen LogP contribution is -2.34. The third kappa shape index (κ3) is 6.87. The van der Waals surface area contributed by atoms with Gasteiger partial charge >= 0.3 is 6.18 Å². The van der Waals surface area contributed by atoms with Crippen LogP contribution in [0.5, 0.6) is 5.88 Å². The molecule has 0 spiro atoms. The van der Waals surface area contributed by atoms with Crippen molar-refractivity contribution in [2.75, 3.05) is 33.9 Å². The largest absolute Gasteiger partial charge is 0.474 e. The molecule has 0 unspecified atom stereocenters. The smallest absolute Gasteiger partial charge is 0.433 e. The average molecular weight is 359 g/mol. The Hall–Kier alpha value is -1.87. The van der Waals surface area contributed by atoms with E-state index in [1.54, 1.807) is 0 Å². The van der Waals surface area contributed by atoms with Gasteiger partial charge in [0.1, 0.15) is 11.8 Å². The molecule has 2 heterocycles. The van der Waals surface area contributed by atoms with Gasteiger partial charge in [-0.15, -0.1) is 0 Å². The van der Waals surface area contributed by atoms with Crippen molar-refractivity contribution in [1.29, 1.82) is 0 Å². The van der Waals surface area contributed by atoms with Crippen molar-refractivity contribution in [2.24, 2.45) is 4.99 Å². The molecule has 140 valence electrons. The number of rotatable bonds is 7. The summed E-state index contributed by atoms with van der Waals surface area (Å²) in [5, 5.41) is 6.12. The summed E-state index contributed by atoms with van der Waals surface area (Å²) in [4.78, 5) is 9.63. The zero-order chi connectivity index (χ0) is 18.3. The van der Waals surface area contributed by atoms with Gasteiger partial charge in [0.25, 0.3) is 0 Å². The predicted molar refractivity (Wildman–Crippen MR) is 89.6 cm³/mol. The Morgan fingerprint density at radius 2 is 2.08 bits per heavy atom. The predicted octanol–water partition coefficient (Wildman–Crippen LogP) is 1.87. The first kappa shape index (κ1) is 19.5. The SMILES string of the molecule is CN(C)CNC=NCc1cc(OC2CCNCC2)nc(C(F)(F)F)c1. The van der Waals surface area contributed by atoms with Crippen LogP contribution in [0.4, 0.5) is 13.2 Å². The number of piperidine rings is 1. The molecular formula is C16H24F3N5O. The fraction of sp³-hybridized carbons (Fsp3) is 0.625. The van der Waals surface area contributed by atoms with Crippen LogP contribution in [0.25, 0.3) is 0 Å². The quantitative estimate of drug-likeness (QED) is 0.442. The van der Waals surface area contributed by atoms with Crippen LogP contribution in [0, 0.1) is 0 Å². The number of hydrogen-bond donors (Lipinski definition) is 2. The van der Waals surface area contributed by atoms with E-state index >= 15 is 0 Å². The van der Waals surface area contributed by atoms with Gasteiger partial charge in [0.05, 0.1) is 19.6 Å². The van der Waals surface area contributed by atoms with Gasteiger partial charge in [-0.25, -0.2) is 4.98 Å². The van der Waals surface area contributed by atoms with E-state index in [1.807, 2.05) is 19.0 Å². The lowest BCUT2D eigenvalue weighted by Gasteiger charge is -2.23. The highest BCUT2D eigenvalue weighted by Crippen LogP contribution is 2.30. The lowest BCUT2D eigenvalue weighted by atomic mass is 10.1. The van der Waals surface area contributed by atoms with Crippen molar-refractivity contribution in [2.45, 2.75) is 31.7 Å². The Morgan fingerprint density at radius 3 is 2.72 bits per heavy atom. The molecule has 9 heteroatoms. The van der Waals surface area contributed by atoms with Crippen molar-refractivity contribution in [3.05, 3.63) is 23.4 Å². The molecule has 1 aromatic heterocycles. The molecule has 1 aromatic rings. The Kier molecular flexibility index (Phi) is 7.01. The molecular weight excluding hydrogens is 335 g/mol. The first-order valence-electron chi connectivity index (χ1n) is 8.16. The normalized spacial score (nSPS) is 16.6. The molecule has 1 aliphatic heterocycles. The van der Waals surface area contributed by atoms with Crippen molar-refractivity contribution in [3.8, 4) is 5.88 Å². The maximum absolute atomic E-state index is 13.1. The van der Waals surface area contributed by atoms with E-state index in [-0.39, 0.29) is 18.5 Å². The second-order valence-electron chi connectivity index (χ2n) is 6.18. The molecule has 0 aliphatic carbocycles. The van der Waals surface area contributed by atoms with Gasteiger partial charge < -0.3 is 15.4 Å². The highest BCUT2D eigenvalue weighted by atomic mass is 19.4. The number of nitrogens with zero attached hydrogens (tertiary/aromatic N) is 3. The third-order valence-electron chi connectivity index (χ3n) is 3.59. The number of hydrogen-bond acceptors (Lipinski definition) is 5. The highest BCUT2D eigenvalue weighted by molar-refractivity contribution is 5.54. The molecule has 0 bridgehead atoms. The van der Waals surface area contributed by atoms with Gasteiger partial charge in [-0.2, -0.15) is 13.2 Å². The van der Waals surface area contributed by atoms with Gasteiger partial charge in [0.2, 0.25) is 5.88 Å². The van der Waals surface area contributed by atoms with Gasteiger partial charge in [0, 0.05) is 6.07 Å². The second kappa shape index (κ2) is 9.00. The number of nitrogens with one attached hydrogen (secondary N) is 2. The Bertz CT molecular complexity index is 571. The van der Waals surface area contributed by atoms with E-state index in [0.717, 1.165) is 32.0 Å². The van der Waals surface area contributed by atoms with Crippen LogP contribution < -0.4 is 15.4 Å². The van der Waals surface area contributed by atoms with Crippen molar-refractivity contribution in [1.82, 2.24) is 20.5 Å². The van der Waals surface area contributed by atoms with E-state index in [9.17, 15) is 13.2 Å². The molecule has 25 heavy (non-hydrogen) atoms. The van der Waals surface area contributed by atoms with Crippen molar-refractivity contribution in [3.63, 3.8) is 0 Å². The second-order valence-corrected chi connectivity index (χ2v) is 6.18. The molecule has 0 saturated carbocycles. The van der Waals surface area contributed by atoms with E-state index in [1.165, 1.54) is 12.4 Å². The van der Waals surface area contributed by atoms with Crippen LogP contribution in [0.2, 0.25) is 0 Å². The van der Waals surface area contributed by atoms with Gasteiger partial charge in [-0.05, 0) is 51.7 Å². The van der Waals surface area contributed by atoms with E-state index in [0.29, 0.717) is 12.2 Å². The van der Waals surface area contributed by atoms with Crippen LogP contribution in [-0.4, -0.2) is 56.2 Å². The van der Waals surface area contributed by atoms with Crippen LogP contribution >= 0.6 is 0 Å². The molecule has 0 aromatic carbocycles. The molecule has 6 nitrogen and oxygen atoms in total. The molecule has 2 N–H and O–H groups in total. The first-order chi connectivity index (χ1) is 11.8. The lowest BCUT2D eigenvalue weighted by molar-refractivity contribution is -0.141. The Balaban J connectivity index is 2.07. The summed E-state index contributed by atoms with van der Waals surface area (Å²) in [6.45, 7) is 2.29. The molecule has 0 radical (unpaired) electrons. The molecule has 0 atom stereocenters. The van der Waals surface area contributed by atoms with Gasteiger partial charge in [0.15, 0.2) is 0 Å². The summed E-state index contributed by atoms with van der Waals surface area (Å²) >= 11 is 0. The fourth-order valence-electron chi connectivity index (χ4n) is 2.38. The minimum atomic E-state index is -4.52. The number of alkyl halides is 3. The molecule has 2 rings (SSSR count). The van der Waals surface area contributed by atoms with Crippen molar-refractivity contribution >= 4 is 6.34 Å². The minimum Gasteiger partial charge on any atom is -0.474 e. The Morgan fingerprint density at radius 1 is 1.36 bits per heavy atom. The third-order valence-corrected chi connectivity index (χ3v) is 3.59. The Labute approximate surface area is 145 Å². The molecule has 1 saturated heterocycles. The summed E-state index contributed by atoms with van der Waals surface area (Å²) < 4.78 is 44.9. The maximum atomic E-state index is 13.1. The average Bonchev–Trinajstić information content (AvgIpc) is 2.54. The van der Waals surface area contributed by atoms with Crippen LogP contribution in [0.3, 0.4) is 0 Å². The number of ether oxygens (including phenoxy) is 1. The summed E-state index contributed by atoms with van der Waals surface area (Å²) in [6, 6.07) is 2.54. The van der Waals surface area contributed by atoms with Crippen molar-refractivity contribution < 1.29 is 17.9 Å². The minimum absolute atomic E-state index is 0.00757. The summed E-state index contributed by atoms with van der Waals surface area (Å²) in [5.41, 5.74) is -0.542. The molecule has 0 amide bonds. The first-order valence-corrected chi connectivity index (χ1v) is 8.16. The number of aliphatic imine (C=N–C) groups is 1. The van der Waals surface area contributed by atoms with Crippen LogP contribution in [0.1, 0.15) is 24.1 Å². The number of halogens is 3. The van der Waals surface area contributed by atoms with Crippen LogP contribution in [0.15, 0.2) is 17.1 Å². The topological polar surface area (TPSA) is 61.8 Å². The van der Waals surface area contributed by atoms with Gasteiger partial charge in [-0.3, -0.25) is 9.89 Å². The fourth-order valence-corrected chi connectivity index (χ4v) is 2.38. The van der Waals surface area contributed by atoms with Crippen LogP contribution in [-0.2, 0) is 12.7 Å². The van der Waals surface area contributed by atoms with E-state index in [2.05, 4.69) is 20.6 Å². The summed E-state index contributed by atoms with van der Waals surface area (Å²) in [6.07, 6.45) is -1.65. The summed E-state index contributed by atoms with van der Waals surface area (Å²) in [7, 11) is 3.79. The zero-order valence-electron chi connectivity index (χ0n) is 14.4. The summed E-state index contributed by atoms with van der Waals surface area (Å²) in [5.74, 6) is 0.00757. The van der Waals surface area contributed by atoms with Gasteiger partial charge in [-0.1, -0.05) is 0 Å².